The number of carbonyl (C=O) groups excluding carboxylic acids is 1. The van der Waals surface area contributed by atoms with Crippen molar-refractivity contribution in [3.63, 3.8) is 0 Å². The van der Waals surface area contributed by atoms with Crippen molar-refractivity contribution in [2.45, 2.75) is 13.8 Å². The molecule has 2 N–H and O–H groups in total. The van der Waals surface area contributed by atoms with Crippen LogP contribution in [0.2, 0.25) is 0 Å². The molecule has 128 valence electrons. The molecule has 2 amide bonds. The van der Waals surface area contributed by atoms with Crippen LogP contribution in [0.5, 0.6) is 5.75 Å². The minimum absolute atomic E-state index is 0.396. The van der Waals surface area contributed by atoms with E-state index in [2.05, 4.69) is 40.7 Å². The lowest BCUT2D eigenvalue weighted by molar-refractivity contribution is 0.262. The van der Waals surface area contributed by atoms with Crippen molar-refractivity contribution in [2.75, 3.05) is 17.7 Å². The van der Waals surface area contributed by atoms with Gasteiger partial charge in [0.05, 0.1) is 12.8 Å². The van der Waals surface area contributed by atoms with E-state index in [1.54, 1.807) is 19.2 Å². The molecule has 0 saturated heterocycles. The number of anilines is 2. The molecule has 1 heterocycles. The van der Waals surface area contributed by atoms with Crippen LogP contribution in [0.25, 0.3) is 10.6 Å². The molecule has 25 heavy (non-hydrogen) atoms. The van der Waals surface area contributed by atoms with Crippen molar-refractivity contribution in [1.82, 2.24) is 10.2 Å². The van der Waals surface area contributed by atoms with Crippen LogP contribution >= 0.6 is 11.3 Å². The zero-order valence-electron chi connectivity index (χ0n) is 14.2. The number of urea groups is 1. The first-order valence-electron chi connectivity index (χ1n) is 7.69. The number of methoxy groups -OCH3 is 1. The quantitative estimate of drug-likeness (QED) is 0.724. The van der Waals surface area contributed by atoms with Crippen molar-refractivity contribution in [3.05, 3.63) is 53.6 Å². The van der Waals surface area contributed by atoms with Gasteiger partial charge in [-0.15, -0.1) is 10.2 Å². The van der Waals surface area contributed by atoms with Gasteiger partial charge in [-0.1, -0.05) is 35.6 Å². The maximum absolute atomic E-state index is 12.2. The monoisotopic (exact) mass is 354 g/mol. The number of amides is 2. The minimum atomic E-state index is -0.396. The zero-order valence-corrected chi connectivity index (χ0v) is 15.0. The number of aromatic nitrogens is 2. The number of para-hydroxylation sites is 2. The molecule has 0 aliphatic carbocycles. The smallest absolute Gasteiger partial charge is 0.325 e. The van der Waals surface area contributed by atoms with Crippen molar-refractivity contribution >= 4 is 28.2 Å². The van der Waals surface area contributed by atoms with Crippen LogP contribution in [-0.4, -0.2) is 23.3 Å². The summed E-state index contributed by atoms with van der Waals surface area (Å²) >= 11 is 1.32. The average molecular weight is 354 g/mol. The summed E-state index contributed by atoms with van der Waals surface area (Å²) in [4.78, 5) is 12.2. The molecule has 3 rings (SSSR count). The van der Waals surface area contributed by atoms with E-state index in [0.717, 1.165) is 10.6 Å². The summed E-state index contributed by atoms with van der Waals surface area (Å²) in [6.45, 7) is 4.12. The lowest BCUT2D eigenvalue weighted by Gasteiger charge is -2.09. The second-order valence-corrected chi connectivity index (χ2v) is 6.47. The Morgan fingerprint density at radius 2 is 1.84 bits per heavy atom. The van der Waals surface area contributed by atoms with Crippen LogP contribution in [0.3, 0.4) is 0 Å². The fourth-order valence-electron chi connectivity index (χ4n) is 2.26. The van der Waals surface area contributed by atoms with Gasteiger partial charge in [0.2, 0.25) is 5.13 Å². The van der Waals surface area contributed by atoms with E-state index in [9.17, 15) is 4.79 Å². The Hall–Kier alpha value is -2.93. The fraction of sp³-hybridized carbons (Fsp3) is 0.167. The van der Waals surface area contributed by atoms with E-state index in [-0.39, 0.29) is 0 Å². The molecule has 0 aliphatic rings. The van der Waals surface area contributed by atoms with Crippen LogP contribution in [0.15, 0.2) is 42.5 Å². The van der Waals surface area contributed by atoms with Crippen molar-refractivity contribution in [1.29, 1.82) is 0 Å². The van der Waals surface area contributed by atoms with Gasteiger partial charge in [-0.3, -0.25) is 5.32 Å². The summed E-state index contributed by atoms with van der Waals surface area (Å²) in [5, 5.41) is 14.8. The van der Waals surface area contributed by atoms with Gasteiger partial charge in [-0.2, -0.15) is 0 Å². The standard InChI is InChI=1S/C18H18N4O2S/c1-11-8-9-13(10-12(11)2)16-21-22-18(25-16)20-17(23)19-14-6-4-5-7-15(14)24-3/h4-10H,1-3H3,(H2,19,20,22,23). The van der Waals surface area contributed by atoms with Gasteiger partial charge >= 0.3 is 6.03 Å². The Morgan fingerprint density at radius 1 is 1.04 bits per heavy atom. The van der Waals surface area contributed by atoms with E-state index >= 15 is 0 Å². The van der Waals surface area contributed by atoms with Gasteiger partial charge in [-0.05, 0) is 43.2 Å². The maximum atomic E-state index is 12.2. The molecule has 1 aromatic heterocycles. The molecule has 0 radical (unpaired) electrons. The van der Waals surface area contributed by atoms with E-state index in [0.29, 0.717) is 16.6 Å². The maximum Gasteiger partial charge on any atom is 0.325 e. The Morgan fingerprint density at radius 3 is 2.60 bits per heavy atom. The first-order valence-corrected chi connectivity index (χ1v) is 8.50. The number of nitrogens with zero attached hydrogens (tertiary/aromatic N) is 2. The Bertz CT molecular complexity index is 908. The Kier molecular flexibility index (Phi) is 4.95. The number of ether oxygens (including phenoxy) is 1. The van der Waals surface area contributed by atoms with Gasteiger partial charge in [-0.25, -0.2) is 4.79 Å². The molecule has 0 spiro atoms. The van der Waals surface area contributed by atoms with E-state index in [1.165, 1.54) is 22.5 Å². The molecule has 3 aromatic rings. The minimum Gasteiger partial charge on any atom is -0.495 e. The highest BCUT2D eigenvalue weighted by Gasteiger charge is 2.11. The lowest BCUT2D eigenvalue weighted by Crippen LogP contribution is -2.19. The average Bonchev–Trinajstić information content (AvgIpc) is 3.06. The highest BCUT2D eigenvalue weighted by Crippen LogP contribution is 2.28. The SMILES string of the molecule is COc1ccccc1NC(=O)Nc1nnc(-c2ccc(C)c(C)c2)s1. The van der Waals surface area contributed by atoms with Crippen LogP contribution in [0, 0.1) is 13.8 Å². The summed E-state index contributed by atoms with van der Waals surface area (Å²) in [6, 6.07) is 12.9. The molecule has 0 unspecified atom stereocenters. The predicted molar refractivity (Wildman–Crippen MR) is 100 cm³/mol. The normalized spacial score (nSPS) is 10.4. The zero-order chi connectivity index (χ0) is 17.8. The first-order chi connectivity index (χ1) is 12.1. The number of benzene rings is 2. The van der Waals surface area contributed by atoms with Crippen LogP contribution in [-0.2, 0) is 0 Å². The number of hydrogen-bond acceptors (Lipinski definition) is 5. The third-order valence-corrected chi connectivity index (χ3v) is 4.64. The second kappa shape index (κ2) is 7.31. The summed E-state index contributed by atoms with van der Waals surface area (Å²) in [5.74, 6) is 0.589. The Labute approximate surface area is 149 Å². The number of rotatable bonds is 4. The molecule has 0 atom stereocenters. The van der Waals surface area contributed by atoms with E-state index in [4.69, 9.17) is 4.74 Å². The molecule has 0 aliphatic heterocycles. The van der Waals surface area contributed by atoms with Gasteiger partial charge in [0.25, 0.3) is 0 Å². The van der Waals surface area contributed by atoms with E-state index in [1.807, 2.05) is 24.3 Å². The molecule has 0 fully saturated rings. The third kappa shape index (κ3) is 3.95. The Balaban J connectivity index is 1.70. The highest BCUT2D eigenvalue weighted by molar-refractivity contribution is 7.18. The van der Waals surface area contributed by atoms with Crippen LogP contribution in [0.1, 0.15) is 11.1 Å². The lowest BCUT2D eigenvalue weighted by atomic mass is 10.1. The fourth-order valence-corrected chi connectivity index (χ4v) is 3.00. The number of nitrogens with one attached hydrogen (secondary N) is 2. The molecule has 2 aromatic carbocycles. The molecule has 0 bridgehead atoms. The topological polar surface area (TPSA) is 76.1 Å². The predicted octanol–water partition coefficient (Wildman–Crippen LogP) is 4.47. The van der Waals surface area contributed by atoms with Crippen LogP contribution in [0.4, 0.5) is 15.6 Å². The van der Waals surface area contributed by atoms with Gasteiger partial charge in [0, 0.05) is 5.56 Å². The van der Waals surface area contributed by atoms with Gasteiger partial charge in [0.15, 0.2) is 0 Å². The highest BCUT2D eigenvalue weighted by atomic mass is 32.1. The first kappa shape index (κ1) is 16.9. The molecular formula is C18H18N4O2S. The molecule has 0 saturated carbocycles. The summed E-state index contributed by atoms with van der Waals surface area (Å²) < 4.78 is 5.21. The molecule has 7 heteroatoms. The van der Waals surface area contributed by atoms with Crippen LogP contribution < -0.4 is 15.4 Å². The van der Waals surface area contributed by atoms with Crippen molar-refractivity contribution in [3.8, 4) is 16.3 Å². The largest absolute Gasteiger partial charge is 0.495 e. The number of hydrogen-bond donors (Lipinski definition) is 2. The third-order valence-electron chi connectivity index (χ3n) is 3.75. The van der Waals surface area contributed by atoms with Crippen molar-refractivity contribution in [2.24, 2.45) is 0 Å². The summed E-state index contributed by atoms with van der Waals surface area (Å²) in [6.07, 6.45) is 0. The van der Waals surface area contributed by atoms with Gasteiger partial charge < -0.3 is 10.1 Å². The molecular weight excluding hydrogens is 336 g/mol. The van der Waals surface area contributed by atoms with E-state index < -0.39 is 6.03 Å². The number of carbonyl (C=O) groups is 1. The van der Waals surface area contributed by atoms with Gasteiger partial charge in [0.1, 0.15) is 10.8 Å². The second-order valence-electron chi connectivity index (χ2n) is 5.49. The summed E-state index contributed by atoms with van der Waals surface area (Å²) in [5.41, 5.74) is 3.99. The molecule has 6 nitrogen and oxygen atoms in total. The van der Waals surface area contributed by atoms with Crippen molar-refractivity contribution < 1.29 is 9.53 Å². The number of aryl methyl sites for hydroxylation is 2. The summed E-state index contributed by atoms with van der Waals surface area (Å²) in [7, 11) is 1.55.